The van der Waals surface area contributed by atoms with Crippen LogP contribution in [0.25, 0.3) is 5.69 Å². The van der Waals surface area contributed by atoms with Gasteiger partial charge in [0.2, 0.25) is 5.69 Å². The van der Waals surface area contributed by atoms with E-state index in [9.17, 15) is 8.42 Å². The molecule has 1 aromatic carbocycles. The average Bonchev–Trinajstić information content (AvgIpc) is 2.48. The number of methoxy groups -OCH3 is 1. The lowest BCUT2D eigenvalue weighted by Gasteiger charge is -1.99. The lowest BCUT2D eigenvalue weighted by atomic mass is 10.3. The van der Waals surface area contributed by atoms with Crippen LogP contribution in [-0.4, -0.2) is 32.3 Å². The summed E-state index contributed by atoms with van der Waals surface area (Å²) in [5.41, 5.74) is 7.15. The summed E-state index contributed by atoms with van der Waals surface area (Å²) in [5, 5.41) is 4.19. The molecule has 0 atom stereocenters. The van der Waals surface area contributed by atoms with E-state index in [-0.39, 0.29) is 0 Å². The summed E-state index contributed by atoms with van der Waals surface area (Å²) in [7, 11) is -1.70. The number of hydrogen-bond donors (Lipinski definition) is 2. The van der Waals surface area contributed by atoms with Crippen molar-refractivity contribution in [2.24, 2.45) is 0 Å². The zero-order valence-corrected chi connectivity index (χ0v) is 12.3. The van der Waals surface area contributed by atoms with Gasteiger partial charge in [-0.15, -0.1) is 0 Å². The van der Waals surface area contributed by atoms with Gasteiger partial charge in [-0.1, -0.05) is 18.2 Å². The van der Waals surface area contributed by atoms with E-state index in [2.05, 4.69) is 9.28 Å². The quantitative estimate of drug-likeness (QED) is 0.621. The molecule has 0 aliphatic heterocycles. The van der Waals surface area contributed by atoms with E-state index in [4.69, 9.17) is 15.0 Å². The van der Waals surface area contributed by atoms with Gasteiger partial charge in [0.05, 0.1) is 26.0 Å². The van der Waals surface area contributed by atoms with Gasteiger partial charge in [0.1, 0.15) is 6.20 Å². The van der Waals surface area contributed by atoms with Gasteiger partial charge in [-0.25, -0.2) is 0 Å². The van der Waals surface area contributed by atoms with E-state index >= 15 is 0 Å². The summed E-state index contributed by atoms with van der Waals surface area (Å²) < 4.78 is 36.6. The van der Waals surface area contributed by atoms with Crippen molar-refractivity contribution < 1.29 is 26.6 Å². The fourth-order valence-electron chi connectivity index (χ4n) is 1.33. The fraction of sp³-hybridized carbons (Fsp3) is 0.167. The highest BCUT2D eigenvalue weighted by molar-refractivity contribution is 7.80. The van der Waals surface area contributed by atoms with Crippen molar-refractivity contribution in [3.05, 3.63) is 42.6 Å². The Labute approximate surface area is 122 Å². The van der Waals surface area contributed by atoms with Gasteiger partial charge in [-0.2, -0.15) is 8.42 Å². The van der Waals surface area contributed by atoms with Crippen molar-refractivity contribution in [1.29, 1.82) is 0 Å². The molecule has 0 unspecified atom stereocenters. The van der Waals surface area contributed by atoms with Gasteiger partial charge >= 0.3 is 16.3 Å². The molecule has 0 amide bonds. The van der Waals surface area contributed by atoms with Crippen molar-refractivity contribution in [1.82, 2.24) is 5.10 Å². The number of rotatable bonds is 3. The zero-order valence-electron chi connectivity index (χ0n) is 11.5. The first kappa shape index (κ1) is 16.8. The molecule has 0 radical (unpaired) electrons. The van der Waals surface area contributed by atoms with Gasteiger partial charge in [-0.05, 0) is 4.68 Å². The molecule has 0 spiro atoms. The largest absolute Gasteiger partial charge is 0.446 e. The fourth-order valence-corrected chi connectivity index (χ4v) is 1.33. The summed E-state index contributed by atoms with van der Waals surface area (Å²) in [6.45, 7) is 0. The van der Waals surface area contributed by atoms with Crippen LogP contribution in [0, 0.1) is 0 Å². The van der Waals surface area contributed by atoms with Crippen LogP contribution >= 0.6 is 0 Å². The van der Waals surface area contributed by atoms with Crippen molar-refractivity contribution >= 4 is 16.1 Å². The van der Waals surface area contributed by atoms with Crippen LogP contribution in [0.5, 0.6) is 5.88 Å². The summed E-state index contributed by atoms with van der Waals surface area (Å²) in [4.78, 5) is 0. The minimum Gasteiger partial charge on any atom is -0.446 e. The summed E-state index contributed by atoms with van der Waals surface area (Å²) in [6, 6.07) is 11.5. The van der Waals surface area contributed by atoms with Crippen LogP contribution in [0.15, 0.2) is 42.6 Å². The van der Waals surface area contributed by atoms with Crippen LogP contribution < -0.4 is 15.2 Å². The first-order valence-corrected chi connectivity index (χ1v) is 7.04. The van der Waals surface area contributed by atoms with Crippen molar-refractivity contribution in [3.63, 3.8) is 0 Å². The molecule has 0 saturated heterocycles. The normalized spacial score (nSPS) is 10.4. The second-order valence-electron chi connectivity index (χ2n) is 3.67. The monoisotopic (exact) mass is 314 g/mol. The number of benzene rings is 1. The zero-order chi connectivity index (χ0) is 15.9. The highest BCUT2D eigenvalue weighted by Gasteiger charge is 2.16. The minimum atomic E-state index is -4.16. The molecule has 0 saturated carbocycles. The molecule has 9 heteroatoms. The van der Waals surface area contributed by atoms with Crippen molar-refractivity contribution in [3.8, 4) is 11.6 Å². The molecule has 0 bridgehead atoms. The molecular weight excluding hydrogens is 298 g/mol. The smallest absolute Gasteiger partial charge is 0.401 e. The average molecular weight is 314 g/mol. The van der Waals surface area contributed by atoms with E-state index in [1.165, 1.54) is 0 Å². The second kappa shape index (κ2) is 7.53. The maximum Gasteiger partial charge on any atom is 0.401 e. The highest BCUT2D eigenvalue weighted by atomic mass is 32.3. The first-order valence-electron chi connectivity index (χ1n) is 5.67. The van der Waals surface area contributed by atoms with Crippen molar-refractivity contribution in [2.45, 2.75) is 0 Å². The predicted octanol–water partition coefficient (Wildman–Crippen LogP) is 0.385. The van der Waals surface area contributed by atoms with Crippen LogP contribution in [0.4, 0.5) is 5.69 Å². The molecular formula is C12H16N3O5S+. The van der Waals surface area contributed by atoms with E-state index in [1.54, 1.807) is 24.1 Å². The number of nitrogen functional groups attached to an aromatic ring is 1. The van der Waals surface area contributed by atoms with E-state index in [0.717, 1.165) is 12.8 Å². The summed E-state index contributed by atoms with van der Waals surface area (Å²) in [5.74, 6) is 0.612. The van der Waals surface area contributed by atoms with Crippen LogP contribution in [-0.2, 0) is 14.6 Å². The third-order valence-corrected chi connectivity index (χ3v) is 2.66. The number of anilines is 1. The number of ether oxygens (including phenoxy) is 1. The molecule has 8 nitrogen and oxygen atoms in total. The Morgan fingerprint density at radius 1 is 1.24 bits per heavy atom. The Bertz CT molecular complexity index is 677. The molecule has 1 aromatic heterocycles. The minimum absolute atomic E-state index is 0.582. The summed E-state index contributed by atoms with van der Waals surface area (Å²) >= 11 is 0. The predicted molar refractivity (Wildman–Crippen MR) is 75.3 cm³/mol. The molecule has 0 aliphatic rings. The van der Waals surface area contributed by atoms with E-state index < -0.39 is 10.4 Å². The summed E-state index contributed by atoms with van der Waals surface area (Å²) in [6.07, 6.45) is 1.59. The number of nitrogens with two attached hydrogens (primary N) is 1. The number of para-hydroxylation sites is 1. The Morgan fingerprint density at radius 2 is 1.81 bits per heavy atom. The first-order chi connectivity index (χ1) is 9.87. The lowest BCUT2D eigenvalue weighted by molar-refractivity contribution is -0.665. The standard InChI is InChI=1S/C11H11N3O.CH4O4S/c1-15-11-7-9(12)8-13-14(11)10-5-3-2-4-6-10;1-5-6(2,3)4/h2-8,12H,1H3;1H3,(H,2,3,4)/p+1. The van der Waals surface area contributed by atoms with Crippen LogP contribution in [0.2, 0.25) is 0 Å². The van der Waals surface area contributed by atoms with Gasteiger partial charge in [-0.3, -0.25) is 8.74 Å². The van der Waals surface area contributed by atoms with Crippen LogP contribution in [0.3, 0.4) is 0 Å². The Kier molecular flexibility index (Phi) is 6.03. The van der Waals surface area contributed by atoms with Gasteiger partial charge < -0.3 is 10.5 Å². The molecule has 2 aromatic rings. The van der Waals surface area contributed by atoms with E-state index in [0.29, 0.717) is 11.6 Å². The molecule has 1 heterocycles. The maximum absolute atomic E-state index is 9.33. The SMILES string of the molecule is COS(=O)(=O)O.COc1cc(N)cn[n+]1-c1ccccc1. The molecule has 114 valence electrons. The number of hydrogen-bond acceptors (Lipinski definition) is 6. The molecule has 0 fully saturated rings. The molecule has 21 heavy (non-hydrogen) atoms. The third-order valence-electron chi connectivity index (χ3n) is 2.24. The van der Waals surface area contributed by atoms with Gasteiger partial charge in [0, 0.05) is 17.2 Å². The van der Waals surface area contributed by atoms with Gasteiger partial charge in [0.15, 0.2) is 0 Å². The molecule has 0 aliphatic carbocycles. The lowest BCUT2D eigenvalue weighted by Crippen LogP contribution is -2.36. The number of aromatic nitrogens is 2. The number of nitrogens with zero attached hydrogens (tertiary/aromatic N) is 2. The second-order valence-corrected chi connectivity index (χ2v) is 4.86. The van der Waals surface area contributed by atoms with Gasteiger partial charge in [0.25, 0.3) is 0 Å². The van der Waals surface area contributed by atoms with Crippen LogP contribution in [0.1, 0.15) is 0 Å². The topological polar surface area (TPSA) is 116 Å². The molecule has 3 N–H and O–H groups in total. The van der Waals surface area contributed by atoms with E-state index in [1.807, 2.05) is 30.3 Å². The Morgan fingerprint density at radius 3 is 2.29 bits per heavy atom. The van der Waals surface area contributed by atoms with Crippen molar-refractivity contribution in [2.75, 3.05) is 20.0 Å². The Hall–Kier alpha value is -2.23. The Balaban J connectivity index is 0.000000315. The highest BCUT2D eigenvalue weighted by Crippen LogP contribution is 2.09. The third kappa shape index (κ3) is 5.73. The molecule has 2 rings (SSSR count). The maximum atomic E-state index is 9.33.